The van der Waals surface area contributed by atoms with Crippen molar-refractivity contribution in [1.29, 1.82) is 0 Å². The normalized spacial score (nSPS) is 15.8. The molecule has 1 atom stereocenters. The fourth-order valence-electron chi connectivity index (χ4n) is 5.02. The lowest BCUT2D eigenvalue weighted by molar-refractivity contribution is -0.127. The van der Waals surface area contributed by atoms with E-state index in [1.807, 2.05) is 52.9 Å². The Balaban J connectivity index is 1.47. The van der Waals surface area contributed by atoms with Gasteiger partial charge in [0.05, 0.1) is 11.4 Å². The molecule has 9 nitrogen and oxygen atoms in total. The number of nitrogens with one attached hydrogen (secondary N) is 1. The van der Waals surface area contributed by atoms with Crippen molar-refractivity contribution in [3.63, 3.8) is 0 Å². The minimum atomic E-state index is -0.215. The molecule has 0 unspecified atom stereocenters. The number of hydrogen-bond donors (Lipinski definition) is 2. The first-order valence-corrected chi connectivity index (χ1v) is 13.3. The molecule has 0 bridgehead atoms. The lowest BCUT2D eigenvalue weighted by atomic mass is 10.0. The molecule has 2 aromatic heterocycles. The Kier molecular flexibility index (Phi) is 7.40. The summed E-state index contributed by atoms with van der Waals surface area (Å²) in [4.78, 5) is 36.2. The fraction of sp³-hybridized carbons (Fsp3) is 0.300. The number of nitrogen functional groups attached to an aromatic ring is 1. The largest absolute Gasteiger partial charge is 0.383 e. The molecule has 0 radical (unpaired) electrons. The number of amides is 2. The Labute approximate surface area is 227 Å². The van der Waals surface area contributed by atoms with Crippen molar-refractivity contribution in [1.82, 2.24) is 24.6 Å². The molecule has 9 heteroatoms. The number of fused-ring (bicyclic) bond motifs is 1. The van der Waals surface area contributed by atoms with Crippen LogP contribution in [-0.4, -0.2) is 49.6 Å². The van der Waals surface area contributed by atoms with E-state index in [0.717, 1.165) is 24.1 Å². The first-order chi connectivity index (χ1) is 18.9. The third kappa shape index (κ3) is 5.38. The molecule has 2 aromatic carbocycles. The average Bonchev–Trinajstić information content (AvgIpc) is 3.35. The van der Waals surface area contributed by atoms with Crippen LogP contribution in [0.15, 0.2) is 67.0 Å². The highest BCUT2D eigenvalue weighted by Gasteiger charge is 2.28. The Morgan fingerprint density at radius 1 is 1.13 bits per heavy atom. The quantitative estimate of drug-likeness (QED) is 0.336. The SMILES string of the molecule is C/C=C/C(=O)N1CCC[C@@H](n2nc(-c3cccc(C(=O)Nc4ccc(C(C)C)cc4)c3)c3c(N)ncnc32)C1. The number of nitrogens with zero attached hydrogens (tertiary/aromatic N) is 5. The van der Waals surface area contributed by atoms with Crippen molar-refractivity contribution in [3.8, 4) is 11.3 Å². The summed E-state index contributed by atoms with van der Waals surface area (Å²) in [5.41, 5.74) is 10.7. The van der Waals surface area contributed by atoms with Gasteiger partial charge in [-0.1, -0.05) is 44.2 Å². The van der Waals surface area contributed by atoms with Gasteiger partial charge in [-0.3, -0.25) is 9.59 Å². The number of aromatic nitrogens is 4. The van der Waals surface area contributed by atoms with Crippen LogP contribution in [0.1, 0.15) is 61.5 Å². The molecule has 2 amide bonds. The molecule has 39 heavy (non-hydrogen) atoms. The maximum atomic E-state index is 13.1. The van der Waals surface area contributed by atoms with Gasteiger partial charge in [-0.2, -0.15) is 5.10 Å². The van der Waals surface area contributed by atoms with E-state index in [1.165, 1.54) is 11.9 Å². The number of rotatable bonds is 6. The Morgan fingerprint density at radius 3 is 2.67 bits per heavy atom. The standard InChI is InChI=1S/C30H33N7O2/c1-4-7-25(38)36-15-6-10-24(17-36)37-29-26(28(31)32-18-33-29)27(35-37)21-8-5-9-22(16-21)30(39)34-23-13-11-20(12-14-23)19(2)3/h4-5,7-9,11-14,16,18-19,24H,6,10,15,17H2,1-3H3,(H,34,39)(H2,31,32,33)/b7-4+/t24-/m1/s1. The van der Waals surface area contributed by atoms with Crippen molar-refractivity contribution < 1.29 is 9.59 Å². The average molecular weight is 524 g/mol. The van der Waals surface area contributed by atoms with Gasteiger partial charge < -0.3 is 16.0 Å². The molecular weight excluding hydrogens is 490 g/mol. The van der Waals surface area contributed by atoms with Crippen LogP contribution in [-0.2, 0) is 4.79 Å². The summed E-state index contributed by atoms with van der Waals surface area (Å²) < 4.78 is 1.86. The Hall–Kier alpha value is -4.53. The number of carbonyl (C=O) groups is 2. The lowest BCUT2D eigenvalue weighted by Gasteiger charge is -2.32. The van der Waals surface area contributed by atoms with Crippen LogP contribution in [0.25, 0.3) is 22.3 Å². The maximum Gasteiger partial charge on any atom is 0.255 e. The summed E-state index contributed by atoms with van der Waals surface area (Å²) in [6, 6.07) is 15.1. The zero-order valence-electron chi connectivity index (χ0n) is 22.5. The monoisotopic (exact) mass is 523 g/mol. The summed E-state index contributed by atoms with van der Waals surface area (Å²) in [6.07, 6.45) is 6.49. The number of benzene rings is 2. The second kappa shape index (κ2) is 11.1. The highest BCUT2D eigenvalue weighted by Crippen LogP contribution is 2.34. The van der Waals surface area contributed by atoms with E-state index in [4.69, 9.17) is 10.8 Å². The van der Waals surface area contributed by atoms with Crippen molar-refractivity contribution in [2.75, 3.05) is 24.1 Å². The smallest absolute Gasteiger partial charge is 0.255 e. The third-order valence-corrected chi connectivity index (χ3v) is 7.11. The van der Waals surface area contributed by atoms with Gasteiger partial charge in [-0.05, 0) is 61.6 Å². The molecule has 1 aliphatic rings. The summed E-state index contributed by atoms with van der Waals surface area (Å²) >= 11 is 0. The number of allylic oxidation sites excluding steroid dienone is 1. The van der Waals surface area contributed by atoms with E-state index < -0.39 is 0 Å². The van der Waals surface area contributed by atoms with Crippen molar-refractivity contribution >= 4 is 34.4 Å². The van der Waals surface area contributed by atoms with Crippen molar-refractivity contribution in [2.24, 2.45) is 0 Å². The predicted molar refractivity (Wildman–Crippen MR) is 153 cm³/mol. The first kappa shape index (κ1) is 26.1. The predicted octanol–water partition coefficient (Wildman–Crippen LogP) is 5.19. The van der Waals surface area contributed by atoms with E-state index in [1.54, 1.807) is 24.3 Å². The van der Waals surface area contributed by atoms with E-state index in [2.05, 4.69) is 29.1 Å². The minimum absolute atomic E-state index is 0.00872. The van der Waals surface area contributed by atoms with Gasteiger partial charge in [0.25, 0.3) is 5.91 Å². The fourth-order valence-corrected chi connectivity index (χ4v) is 5.02. The van der Waals surface area contributed by atoms with Crippen LogP contribution < -0.4 is 11.1 Å². The molecule has 0 saturated carbocycles. The second-order valence-electron chi connectivity index (χ2n) is 10.1. The number of carbonyl (C=O) groups excluding carboxylic acids is 2. The van der Waals surface area contributed by atoms with Gasteiger partial charge in [0.1, 0.15) is 17.8 Å². The maximum absolute atomic E-state index is 13.1. The van der Waals surface area contributed by atoms with Gasteiger partial charge in [0, 0.05) is 29.9 Å². The van der Waals surface area contributed by atoms with E-state index >= 15 is 0 Å². The third-order valence-electron chi connectivity index (χ3n) is 7.11. The van der Waals surface area contributed by atoms with Crippen LogP contribution in [0, 0.1) is 0 Å². The molecule has 1 fully saturated rings. The zero-order chi connectivity index (χ0) is 27.5. The number of nitrogens with two attached hydrogens (primary N) is 1. The molecule has 0 aliphatic carbocycles. The van der Waals surface area contributed by atoms with Gasteiger partial charge in [0.15, 0.2) is 5.65 Å². The summed E-state index contributed by atoms with van der Waals surface area (Å²) in [7, 11) is 0. The molecule has 200 valence electrons. The van der Waals surface area contributed by atoms with Crippen LogP contribution in [0.4, 0.5) is 11.5 Å². The molecule has 3 heterocycles. The summed E-state index contributed by atoms with van der Waals surface area (Å²) in [5, 5.41) is 8.55. The molecule has 3 N–H and O–H groups in total. The lowest BCUT2D eigenvalue weighted by Crippen LogP contribution is -2.40. The highest BCUT2D eigenvalue weighted by molar-refractivity contribution is 6.06. The van der Waals surface area contributed by atoms with Gasteiger partial charge in [-0.25, -0.2) is 14.6 Å². The number of piperidine rings is 1. The van der Waals surface area contributed by atoms with E-state index in [9.17, 15) is 9.59 Å². The first-order valence-electron chi connectivity index (χ1n) is 13.3. The van der Waals surface area contributed by atoms with Gasteiger partial charge >= 0.3 is 0 Å². The number of anilines is 2. The molecule has 5 rings (SSSR count). The summed E-state index contributed by atoms with van der Waals surface area (Å²) in [6.45, 7) is 7.34. The van der Waals surface area contributed by atoms with Crippen molar-refractivity contribution in [2.45, 2.75) is 45.6 Å². The second-order valence-corrected chi connectivity index (χ2v) is 10.1. The molecule has 0 spiro atoms. The van der Waals surface area contributed by atoms with Crippen LogP contribution in [0.2, 0.25) is 0 Å². The van der Waals surface area contributed by atoms with Gasteiger partial charge in [0.2, 0.25) is 5.91 Å². The molecule has 1 saturated heterocycles. The van der Waals surface area contributed by atoms with Crippen LogP contribution in [0.5, 0.6) is 0 Å². The number of hydrogen-bond acceptors (Lipinski definition) is 6. The highest BCUT2D eigenvalue weighted by atomic mass is 16.2. The topological polar surface area (TPSA) is 119 Å². The van der Waals surface area contributed by atoms with Gasteiger partial charge in [-0.15, -0.1) is 0 Å². The van der Waals surface area contributed by atoms with Crippen LogP contribution >= 0.6 is 0 Å². The molecular formula is C30H33N7O2. The molecule has 4 aromatic rings. The minimum Gasteiger partial charge on any atom is -0.383 e. The van der Waals surface area contributed by atoms with E-state index in [-0.39, 0.29) is 17.9 Å². The Morgan fingerprint density at radius 2 is 1.92 bits per heavy atom. The Bertz CT molecular complexity index is 1540. The summed E-state index contributed by atoms with van der Waals surface area (Å²) in [5.74, 6) is 0.514. The van der Waals surface area contributed by atoms with E-state index in [0.29, 0.717) is 47.1 Å². The van der Waals surface area contributed by atoms with Crippen LogP contribution in [0.3, 0.4) is 0 Å². The van der Waals surface area contributed by atoms with Crippen molar-refractivity contribution in [3.05, 3.63) is 78.1 Å². The molecule has 1 aliphatic heterocycles. The zero-order valence-corrected chi connectivity index (χ0v) is 22.5. The number of likely N-dealkylation sites (tertiary alicyclic amines) is 1.